The van der Waals surface area contributed by atoms with Crippen molar-refractivity contribution in [3.05, 3.63) is 35.7 Å². The molecule has 0 amide bonds. The molecule has 0 saturated carbocycles. The molecule has 2 aromatic rings. The van der Waals surface area contributed by atoms with E-state index < -0.39 is 0 Å². The second-order valence-electron chi connectivity index (χ2n) is 3.76. The summed E-state index contributed by atoms with van der Waals surface area (Å²) in [6, 6.07) is 9.25. The molecule has 0 fully saturated rings. The van der Waals surface area contributed by atoms with Gasteiger partial charge in [0.1, 0.15) is 0 Å². The summed E-state index contributed by atoms with van der Waals surface area (Å²) in [6.45, 7) is 2.14. The minimum Gasteiger partial charge on any atom is -0.334 e. The Kier molecular flexibility index (Phi) is 4.37. The first kappa shape index (κ1) is 12.7. The molecule has 2 rings (SSSR count). The Balaban J connectivity index is 2.11. The van der Waals surface area contributed by atoms with Crippen LogP contribution in [0.3, 0.4) is 0 Å². The van der Waals surface area contributed by atoms with Crippen LogP contribution in [-0.2, 0) is 5.75 Å². The predicted molar refractivity (Wildman–Crippen MR) is 70.9 cm³/mol. The number of thioether (sulfide) groups is 1. The summed E-state index contributed by atoms with van der Waals surface area (Å²) in [4.78, 5) is 4.32. The van der Waals surface area contributed by atoms with Crippen molar-refractivity contribution in [3.63, 3.8) is 0 Å². The maximum atomic E-state index is 8.84. The van der Waals surface area contributed by atoms with E-state index in [0.29, 0.717) is 17.3 Å². The summed E-state index contributed by atoms with van der Waals surface area (Å²) >= 11 is 1.79. The second kappa shape index (κ2) is 6.22. The zero-order valence-corrected chi connectivity index (χ0v) is 10.9. The number of benzene rings is 1. The number of rotatable bonds is 5. The molecule has 0 aliphatic carbocycles. The quantitative estimate of drug-likeness (QED) is 0.771. The molecule has 0 unspecified atom stereocenters. The third-order valence-corrected chi connectivity index (χ3v) is 3.45. The van der Waals surface area contributed by atoms with E-state index in [1.165, 1.54) is 0 Å². The summed E-state index contributed by atoms with van der Waals surface area (Å²) in [6.07, 6.45) is 1.14. The number of hydrogen-bond acceptors (Lipinski definition) is 5. The maximum Gasteiger partial charge on any atom is 0.257 e. The lowest BCUT2D eigenvalue weighted by molar-refractivity contribution is 0.425. The lowest BCUT2D eigenvalue weighted by atomic mass is 10.1. The Labute approximate surface area is 110 Å². The molecule has 0 saturated heterocycles. The Morgan fingerprint density at radius 1 is 1.44 bits per heavy atom. The molecule has 5 heteroatoms. The smallest absolute Gasteiger partial charge is 0.257 e. The predicted octanol–water partition coefficient (Wildman–Crippen LogP) is 3.25. The molecule has 0 radical (unpaired) electrons. The molecule has 1 aromatic carbocycles. The van der Waals surface area contributed by atoms with Crippen LogP contribution >= 0.6 is 11.8 Å². The number of nitriles is 1. The van der Waals surface area contributed by atoms with Gasteiger partial charge in [0.15, 0.2) is 5.82 Å². The minimum atomic E-state index is 0.471. The molecule has 0 aliphatic heterocycles. The average molecular weight is 259 g/mol. The normalized spacial score (nSPS) is 10.2. The maximum absolute atomic E-state index is 8.84. The van der Waals surface area contributed by atoms with Crippen molar-refractivity contribution in [2.24, 2.45) is 0 Å². The van der Waals surface area contributed by atoms with E-state index in [9.17, 15) is 0 Å². The zero-order valence-electron chi connectivity index (χ0n) is 10.1. The van der Waals surface area contributed by atoms with E-state index >= 15 is 0 Å². The van der Waals surface area contributed by atoms with Gasteiger partial charge >= 0.3 is 0 Å². The van der Waals surface area contributed by atoms with Gasteiger partial charge in [0.2, 0.25) is 0 Å². The summed E-state index contributed by atoms with van der Waals surface area (Å²) in [7, 11) is 0. The van der Waals surface area contributed by atoms with Crippen LogP contribution in [0.5, 0.6) is 0 Å². The van der Waals surface area contributed by atoms with Crippen molar-refractivity contribution < 1.29 is 4.52 Å². The molecule has 4 nitrogen and oxygen atoms in total. The van der Waals surface area contributed by atoms with Gasteiger partial charge in [0.05, 0.1) is 17.4 Å². The van der Waals surface area contributed by atoms with Crippen LogP contribution in [-0.4, -0.2) is 15.9 Å². The molecular weight excluding hydrogens is 246 g/mol. The largest absolute Gasteiger partial charge is 0.334 e. The van der Waals surface area contributed by atoms with Gasteiger partial charge in [-0.05, 0) is 30.4 Å². The molecule has 0 N–H and O–H groups in total. The molecule has 0 atom stereocenters. The van der Waals surface area contributed by atoms with Gasteiger partial charge < -0.3 is 4.52 Å². The highest BCUT2D eigenvalue weighted by Crippen LogP contribution is 2.19. The Hall–Kier alpha value is -1.80. The fraction of sp³-hybridized carbons (Fsp3) is 0.308. The second-order valence-corrected chi connectivity index (χ2v) is 4.87. The fourth-order valence-electron chi connectivity index (χ4n) is 1.46. The van der Waals surface area contributed by atoms with E-state index in [1.54, 1.807) is 23.9 Å². The zero-order chi connectivity index (χ0) is 12.8. The van der Waals surface area contributed by atoms with Crippen LogP contribution in [0.15, 0.2) is 28.8 Å². The van der Waals surface area contributed by atoms with E-state index in [4.69, 9.17) is 9.78 Å². The van der Waals surface area contributed by atoms with E-state index in [1.807, 2.05) is 12.1 Å². The van der Waals surface area contributed by atoms with Crippen molar-refractivity contribution in [3.8, 4) is 17.5 Å². The Morgan fingerprint density at radius 2 is 2.33 bits per heavy atom. The van der Waals surface area contributed by atoms with Crippen LogP contribution in [0.4, 0.5) is 0 Å². The lowest BCUT2D eigenvalue weighted by Crippen LogP contribution is -1.85. The fourth-order valence-corrected chi connectivity index (χ4v) is 2.19. The van der Waals surface area contributed by atoms with Gasteiger partial charge in [-0.25, -0.2) is 0 Å². The standard InChI is InChI=1S/C13H13N3OS/c1-2-6-18-9-12-15-13(17-16-12)11-5-3-4-10(7-11)8-14/h3-5,7H,2,6,9H2,1H3. The van der Waals surface area contributed by atoms with Crippen molar-refractivity contribution in [2.75, 3.05) is 5.75 Å². The molecule has 1 aromatic heterocycles. The third kappa shape index (κ3) is 3.11. The van der Waals surface area contributed by atoms with E-state index in [2.05, 4.69) is 23.1 Å². The van der Waals surface area contributed by atoms with Crippen molar-refractivity contribution in [1.29, 1.82) is 5.26 Å². The molecule has 0 bridgehead atoms. The van der Waals surface area contributed by atoms with E-state index in [-0.39, 0.29) is 0 Å². The van der Waals surface area contributed by atoms with Crippen molar-refractivity contribution in [2.45, 2.75) is 19.1 Å². The first-order valence-corrected chi connectivity index (χ1v) is 6.90. The molecule has 18 heavy (non-hydrogen) atoms. The first-order valence-electron chi connectivity index (χ1n) is 5.74. The van der Waals surface area contributed by atoms with Gasteiger partial charge in [-0.3, -0.25) is 0 Å². The monoisotopic (exact) mass is 259 g/mol. The van der Waals surface area contributed by atoms with Crippen LogP contribution in [0.2, 0.25) is 0 Å². The average Bonchev–Trinajstić information content (AvgIpc) is 2.88. The lowest BCUT2D eigenvalue weighted by Gasteiger charge is -1.94. The van der Waals surface area contributed by atoms with Crippen molar-refractivity contribution >= 4 is 11.8 Å². The molecular formula is C13H13N3OS. The molecule has 0 spiro atoms. The van der Waals surface area contributed by atoms with Crippen LogP contribution < -0.4 is 0 Å². The number of nitrogens with zero attached hydrogens (tertiary/aromatic N) is 3. The number of hydrogen-bond donors (Lipinski definition) is 0. The highest BCUT2D eigenvalue weighted by atomic mass is 32.2. The molecule has 1 heterocycles. The van der Waals surface area contributed by atoms with Gasteiger partial charge in [0, 0.05) is 5.56 Å². The molecule has 0 aliphatic rings. The number of aromatic nitrogens is 2. The summed E-state index contributed by atoms with van der Waals surface area (Å²) in [5.41, 5.74) is 1.38. The summed E-state index contributed by atoms with van der Waals surface area (Å²) in [5, 5.41) is 12.8. The SMILES string of the molecule is CCCSCc1noc(-c2cccc(C#N)c2)n1. The summed E-state index contributed by atoms with van der Waals surface area (Å²) in [5.74, 6) is 3.02. The van der Waals surface area contributed by atoms with Crippen LogP contribution in [0, 0.1) is 11.3 Å². The topological polar surface area (TPSA) is 62.7 Å². The molecule has 92 valence electrons. The minimum absolute atomic E-state index is 0.471. The first-order chi connectivity index (χ1) is 8.83. The summed E-state index contributed by atoms with van der Waals surface area (Å²) < 4.78 is 5.20. The Morgan fingerprint density at radius 3 is 3.11 bits per heavy atom. The van der Waals surface area contributed by atoms with Crippen LogP contribution in [0.1, 0.15) is 24.7 Å². The highest BCUT2D eigenvalue weighted by Gasteiger charge is 2.09. The van der Waals surface area contributed by atoms with Gasteiger partial charge in [-0.15, -0.1) is 0 Å². The highest BCUT2D eigenvalue weighted by molar-refractivity contribution is 7.98. The Bertz CT molecular complexity index is 559. The van der Waals surface area contributed by atoms with Gasteiger partial charge in [-0.2, -0.15) is 22.0 Å². The third-order valence-electron chi connectivity index (χ3n) is 2.29. The van der Waals surface area contributed by atoms with Gasteiger partial charge in [0.25, 0.3) is 5.89 Å². The van der Waals surface area contributed by atoms with Crippen LogP contribution in [0.25, 0.3) is 11.5 Å². The van der Waals surface area contributed by atoms with Gasteiger partial charge in [-0.1, -0.05) is 18.1 Å². The van der Waals surface area contributed by atoms with Crippen molar-refractivity contribution in [1.82, 2.24) is 10.1 Å². The van der Waals surface area contributed by atoms with E-state index in [0.717, 1.165) is 23.5 Å².